The first-order valence-corrected chi connectivity index (χ1v) is 7.65. The van der Waals surface area contributed by atoms with Crippen LogP contribution in [0.5, 0.6) is 0 Å². The lowest BCUT2D eigenvalue weighted by atomic mass is 10.1. The van der Waals surface area contributed by atoms with Crippen LogP contribution in [0, 0.1) is 6.92 Å². The molecule has 0 bridgehead atoms. The molecule has 4 heteroatoms. The Bertz CT molecular complexity index is 434. The minimum atomic E-state index is -0.754. The lowest BCUT2D eigenvalue weighted by Crippen LogP contribution is -2.28. The van der Waals surface area contributed by atoms with Crippen molar-refractivity contribution in [3.8, 4) is 0 Å². The molecule has 3 nitrogen and oxygen atoms in total. The van der Waals surface area contributed by atoms with E-state index in [9.17, 15) is 4.79 Å². The minimum Gasteiger partial charge on any atom is -0.481 e. The molecule has 1 aromatic rings. The van der Waals surface area contributed by atoms with Crippen molar-refractivity contribution in [2.75, 3.05) is 18.0 Å². The molecule has 1 N–H and O–H groups in total. The molecule has 0 heterocycles. The lowest BCUT2D eigenvalue weighted by molar-refractivity contribution is -0.136. The van der Waals surface area contributed by atoms with Crippen molar-refractivity contribution in [3.05, 3.63) is 28.8 Å². The first-order chi connectivity index (χ1) is 9.54. The SMILES string of the molecule is CCCCCCN(CCC(=O)O)c1ccc(Cl)cc1C. The maximum Gasteiger partial charge on any atom is 0.305 e. The third kappa shape index (κ3) is 5.83. The van der Waals surface area contributed by atoms with Crippen molar-refractivity contribution in [1.82, 2.24) is 0 Å². The summed E-state index contributed by atoms with van der Waals surface area (Å²) >= 11 is 5.98. The molecule has 112 valence electrons. The van der Waals surface area contributed by atoms with Gasteiger partial charge in [0.2, 0.25) is 0 Å². The molecule has 1 aromatic carbocycles. The number of halogens is 1. The van der Waals surface area contributed by atoms with E-state index < -0.39 is 5.97 Å². The van der Waals surface area contributed by atoms with E-state index >= 15 is 0 Å². The second-order valence-corrected chi connectivity index (χ2v) is 5.56. The Morgan fingerprint density at radius 2 is 2.00 bits per heavy atom. The molecule has 20 heavy (non-hydrogen) atoms. The van der Waals surface area contributed by atoms with Crippen LogP contribution in [0.3, 0.4) is 0 Å². The van der Waals surface area contributed by atoms with Crippen molar-refractivity contribution in [1.29, 1.82) is 0 Å². The van der Waals surface area contributed by atoms with Crippen LogP contribution >= 0.6 is 11.6 Å². The van der Waals surface area contributed by atoms with Gasteiger partial charge in [-0.3, -0.25) is 4.79 Å². The van der Waals surface area contributed by atoms with Gasteiger partial charge in [-0.2, -0.15) is 0 Å². The average molecular weight is 298 g/mol. The average Bonchev–Trinajstić information content (AvgIpc) is 2.38. The summed E-state index contributed by atoms with van der Waals surface area (Å²) in [6, 6.07) is 5.78. The number of hydrogen-bond acceptors (Lipinski definition) is 2. The molecule has 0 saturated heterocycles. The Kier molecular flexibility index (Phi) is 7.45. The monoisotopic (exact) mass is 297 g/mol. The standard InChI is InChI=1S/C16H24ClNO2/c1-3-4-5-6-10-18(11-9-16(19)20)15-8-7-14(17)12-13(15)2/h7-8,12H,3-6,9-11H2,1-2H3,(H,19,20). The second-order valence-electron chi connectivity index (χ2n) is 5.12. The zero-order valence-electron chi connectivity index (χ0n) is 12.4. The highest BCUT2D eigenvalue weighted by atomic mass is 35.5. The highest BCUT2D eigenvalue weighted by molar-refractivity contribution is 6.30. The third-order valence-electron chi connectivity index (χ3n) is 3.38. The molecule has 0 spiro atoms. The van der Waals surface area contributed by atoms with E-state index in [2.05, 4.69) is 11.8 Å². The van der Waals surface area contributed by atoms with Gasteiger partial charge in [0.15, 0.2) is 0 Å². The van der Waals surface area contributed by atoms with Crippen molar-refractivity contribution in [3.63, 3.8) is 0 Å². The van der Waals surface area contributed by atoms with Gasteiger partial charge < -0.3 is 10.0 Å². The number of carboxylic acid groups (broad SMARTS) is 1. The summed E-state index contributed by atoms with van der Waals surface area (Å²) in [7, 11) is 0. The van der Waals surface area contributed by atoms with Crippen LogP contribution in [-0.2, 0) is 4.79 Å². The Morgan fingerprint density at radius 3 is 2.60 bits per heavy atom. The number of rotatable bonds is 9. The fraction of sp³-hybridized carbons (Fsp3) is 0.562. The summed E-state index contributed by atoms with van der Waals surface area (Å²) in [5, 5.41) is 9.60. The topological polar surface area (TPSA) is 40.5 Å². The van der Waals surface area contributed by atoms with Crippen molar-refractivity contribution in [2.45, 2.75) is 46.0 Å². The van der Waals surface area contributed by atoms with Gasteiger partial charge in [-0.15, -0.1) is 0 Å². The summed E-state index contributed by atoms with van der Waals surface area (Å²) in [6.07, 6.45) is 4.87. The highest BCUT2D eigenvalue weighted by Crippen LogP contribution is 2.24. The predicted molar refractivity (Wildman–Crippen MR) is 84.8 cm³/mol. The van der Waals surface area contributed by atoms with Crippen LogP contribution in [0.15, 0.2) is 18.2 Å². The second kappa shape index (κ2) is 8.85. The largest absolute Gasteiger partial charge is 0.481 e. The van der Waals surface area contributed by atoms with Crippen LogP contribution in [0.1, 0.15) is 44.6 Å². The Labute approximate surface area is 126 Å². The Hall–Kier alpha value is -1.22. The summed E-state index contributed by atoms with van der Waals surface area (Å²) in [5.41, 5.74) is 2.19. The van der Waals surface area contributed by atoms with Gasteiger partial charge in [0.1, 0.15) is 0 Å². The highest BCUT2D eigenvalue weighted by Gasteiger charge is 2.11. The summed E-state index contributed by atoms with van der Waals surface area (Å²) in [6.45, 7) is 5.65. The Morgan fingerprint density at radius 1 is 1.25 bits per heavy atom. The molecule has 0 atom stereocenters. The van der Waals surface area contributed by atoms with Crippen molar-refractivity contribution in [2.24, 2.45) is 0 Å². The number of aliphatic carboxylic acids is 1. The normalized spacial score (nSPS) is 10.6. The number of aryl methyl sites for hydroxylation is 1. The van der Waals surface area contributed by atoms with Crippen molar-refractivity contribution >= 4 is 23.3 Å². The van der Waals surface area contributed by atoms with Gasteiger partial charge in [-0.25, -0.2) is 0 Å². The van der Waals surface area contributed by atoms with E-state index in [1.165, 1.54) is 19.3 Å². The fourth-order valence-corrected chi connectivity index (χ4v) is 2.51. The van der Waals surface area contributed by atoms with E-state index in [4.69, 9.17) is 16.7 Å². The predicted octanol–water partition coefficient (Wildman–Crippen LogP) is 4.51. The number of anilines is 1. The van der Waals surface area contributed by atoms with E-state index in [1.54, 1.807) is 0 Å². The molecule has 1 rings (SSSR count). The summed E-state index contributed by atoms with van der Waals surface area (Å²) < 4.78 is 0. The van der Waals surface area contributed by atoms with Crippen LogP contribution in [0.4, 0.5) is 5.69 Å². The molecule has 0 aliphatic heterocycles. The zero-order valence-corrected chi connectivity index (χ0v) is 13.1. The number of nitrogens with zero attached hydrogens (tertiary/aromatic N) is 1. The molecule has 0 radical (unpaired) electrons. The van der Waals surface area contributed by atoms with E-state index in [0.29, 0.717) is 6.54 Å². The first-order valence-electron chi connectivity index (χ1n) is 7.27. The van der Waals surface area contributed by atoms with E-state index in [-0.39, 0.29) is 6.42 Å². The molecule has 0 aromatic heterocycles. The van der Waals surface area contributed by atoms with Gasteiger partial charge in [0.05, 0.1) is 6.42 Å². The summed E-state index contributed by atoms with van der Waals surface area (Å²) in [4.78, 5) is 13.0. The number of unbranched alkanes of at least 4 members (excludes halogenated alkanes) is 3. The number of hydrogen-bond donors (Lipinski definition) is 1. The fourth-order valence-electron chi connectivity index (χ4n) is 2.29. The first kappa shape index (κ1) is 16.8. The number of carbonyl (C=O) groups is 1. The molecule has 0 amide bonds. The van der Waals surface area contributed by atoms with Gasteiger partial charge >= 0.3 is 5.97 Å². The minimum absolute atomic E-state index is 0.163. The van der Waals surface area contributed by atoms with Crippen LogP contribution in [0.2, 0.25) is 5.02 Å². The third-order valence-corrected chi connectivity index (χ3v) is 3.61. The van der Waals surface area contributed by atoms with Crippen LogP contribution in [0.25, 0.3) is 0 Å². The van der Waals surface area contributed by atoms with Crippen LogP contribution < -0.4 is 4.90 Å². The molecule has 0 saturated carbocycles. The molecule has 0 aliphatic rings. The lowest BCUT2D eigenvalue weighted by Gasteiger charge is -2.26. The number of benzene rings is 1. The quantitative estimate of drug-likeness (QED) is 0.682. The molecular formula is C16H24ClNO2. The van der Waals surface area contributed by atoms with Gasteiger partial charge in [-0.05, 0) is 37.1 Å². The van der Waals surface area contributed by atoms with E-state index in [0.717, 1.165) is 29.2 Å². The molecule has 0 fully saturated rings. The zero-order chi connectivity index (χ0) is 15.0. The maximum atomic E-state index is 10.8. The van der Waals surface area contributed by atoms with Crippen molar-refractivity contribution < 1.29 is 9.90 Å². The number of carboxylic acids is 1. The van der Waals surface area contributed by atoms with Gasteiger partial charge in [0.25, 0.3) is 0 Å². The summed E-state index contributed by atoms with van der Waals surface area (Å²) in [5.74, 6) is -0.754. The van der Waals surface area contributed by atoms with Gasteiger partial charge in [-0.1, -0.05) is 37.8 Å². The Balaban J connectivity index is 2.71. The van der Waals surface area contributed by atoms with Crippen LogP contribution in [-0.4, -0.2) is 24.2 Å². The van der Waals surface area contributed by atoms with E-state index in [1.807, 2.05) is 25.1 Å². The molecule has 0 aliphatic carbocycles. The van der Waals surface area contributed by atoms with Gasteiger partial charge in [0, 0.05) is 23.8 Å². The maximum absolute atomic E-state index is 10.8. The molecular weight excluding hydrogens is 274 g/mol. The molecule has 0 unspecified atom stereocenters. The smallest absolute Gasteiger partial charge is 0.305 e.